The Kier molecular flexibility index (Phi) is 7.40. The van der Waals surface area contributed by atoms with Crippen molar-refractivity contribution in [1.29, 1.82) is 0 Å². The predicted octanol–water partition coefficient (Wildman–Crippen LogP) is 1.24. The van der Waals surface area contributed by atoms with E-state index in [1.54, 1.807) is 20.2 Å². The van der Waals surface area contributed by atoms with Crippen molar-refractivity contribution < 1.29 is 19.1 Å². The molecule has 5 heteroatoms. The molecule has 1 rings (SSSR count). The lowest BCUT2D eigenvalue weighted by molar-refractivity contribution is -0.114. The maximum atomic E-state index is 11.5. The van der Waals surface area contributed by atoms with E-state index in [1.807, 2.05) is 24.3 Å². The summed E-state index contributed by atoms with van der Waals surface area (Å²) in [4.78, 5) is 22.6. The third kappa shape index (κ3) is 4.83. The third-order valence-corrected chi connectivity index (χ3v) is 3.34. The van der Waals surface area contributed by atoms with Crippen molar-refractivity contribution in [2.75, 3.05) is 27.4 Å². The zero-order valence-electron chi connectivity index (χ0n) is 12.4. The van der Waals surface area contributed by atoms with Gasteiger partial charge < -0.3 is 15.2 Å². The molecule has 1 atom stereocenters. The Hall–Kier alpha value is -1.94. The summed E-state index contributed by atoms with van der Waals surface area (Å²) in [6.45, 7) is 0.979. The summed E-state index contributed by atoms with van der Waals surface area (Å²) in [6.07, 6.45) is 1.19. The van der Waals surface area contributed by atoms with Crippen LogP contribution in [0, 0.1) is 0 Å². The van der Waals surface area contributed by atoms with Crippen molar-refractivity contribution in [3.8, 4) is 0 Å². The number of nitrogens with two attached hydrogens (primary N) is 1. The van der Waals surface area contributed by atoms with Crippen LogP contribution in [-0.4, -0.2) is 39.3 Å². The fourth-order valence-corrected chi connectivity index (χ4v) is 2.30. The summed E-state index contributed by atoms with van der Waals surface area (Å²) >= 11 is 0. The van der Waals surface area contributed by atoms with Gasteiger partial charge in [0.05, 0.1) is 6.61 Å². The molecule has 0 saturated heterocycles. The van der Waals surface area contributed by atoms with Crippen LogP contribution >= 0.6 is 0 Å². The molecular weight excluding hydrogens is 270 g/mol. The summed E-state index contributed by atoms with van der Waals surface area (Å²) < 4.78 is 10.2. The van der Waals surface area contributed by atoms with E-state index < -0.39 is 11.8 Å². The molecule has 2 N–H and O–H groups in total. The van der Waals surface area contributed by atoms with Crippen LogP contribution in [0.2, 0.25) is 0 Å². The Labute approximate surface area is 124 Å². The van der Waals surface area contributed by atoms with E-state index in [1.165, 1.54) is 0 Å². The van der Waals surface area contributed by atoms with E-state index in [0.29, 0.717) is 26.1 Å². The van der Waals surface area contributed by atoms with Gasteiger partial charge in [-0.3, -0.25) is 4.79 Å². The summed E-state index contributed by atoms with van der Waals surface area (Å²) in [5, 5.41) is 0. The van der Waals surface area contributed by atoms with Gasteiger partial charge in [0.25, 0.3) is 5.91 Å². The Morgan fingerprint density at radius 1 is 1.24 bits per heavy atom. The minimum absolute atomic E-state index is 0.0445. The lowest BCUT2D eigenvalue weighted by Crippen LogP contribution is -2.22. The summed E-state index contributed by atoms with van der Waals surface area (Å²) in [7, 11) is 3.20. The van der Waals surface area contributed by atoms with Gasteiger partial charge in [-0.15, -0.1) is 0 Å². The van der Waals surface area contributed by atoms with Crippen LogP contribution in [0.1, 0.15) is 23.5 Å². The number of rotatable bonds is 9. The van der Waals surface area contributed by atoms with Gasteiger partial charge in [-0.1, -0.05) is 24.3 Å². The first-order valence-electron chi connectivity index (χ1n) is 6.76. The molecule has 0 heterocycles. The molecule has 5 nitrogen and oxygen atoms in total. The molecule has 1 amide bonds. The zero-order valence-corrected chi connectivity index (χ0v) is 12.4. The number of methoxy groups -OCH3 is 2. The van der Waals surface area contributed by atoms with Gasteiger partial charge in [0.1, 0.15) is 11.5 Å². The number of carbonyl (C=O) groups is 1. The van der Waals surface area contributed by atoms with Crippen molar-refractivity contribution in [2.45, 2.75) is 18.8 Å². The van der Waals surface area contributed by atoms with E-state index >= 15 is 0 Å². The van der Waals surface area contributed by atoms with Crippen LogP contribution in [0.5, 0.6) is 0 Å². The number of ether oxygens (including phenoxy) is 2. The fraction of sp³-hybridized carbons (Fsp3) is 0.438. The Bertz CT molecular complexity index is 521. The molecule has 0 spiro atoms. The highest BCUT2D eigenvalue weighted by atomic mass is 16.5. The monoisotopic (exact) mass is 291 g/mol. The SMILES string of the molecule is COCCc1ccccc1C(CCOC)C(=C=O)C(N)=O. The molecule has 0 bridgehead atoms. The van der Waals surface area contributed by atoms with E-state index in [0.717, 1.165) is 11.1 Å². The number of amides is 1. The zero-order chi connectivity index (χ0) is 15.7. The largest absolute Gasteiger partial charge is 0.385 e. The van der Waals surface area contributed by atoms with E-state index in [-0.39, 0.29) is 5.57 Å². The van der Waals surface area contributed by atoms with E-state index in [9.17, 15) is 9.59 Å². The Morgan fingerprint density at radius 2 is 1.90 bits per heavy atom. The molecule has 0 saturated carbocycles. The number of primary amides is 1. The van der Waals surface area contributed by atoms with Gasteiger partial charge in [-0.2, -0.15) is 0 Å². The summed E-state index contributed by atoms with van der Waals surface area (Å²) in [6, 6.07) is 7.63. The maximum Gasteiger partial charge on any atom is 0.256 e. The predicted molar refractivity (Wildman–Crippen MR) is 79.7 cm³/mol. The smallest absolute Gasteiger partial charge is 0.256 e. The molecular formula is C16H21NO4. The fourth-order valence-electron chi connectivity index (χ4n) is 2.30. The minimum atomic E-state index is -0.743. The highest BCUT2D eigenvalue weighted by Gasteiger charge is 2.24. The normalized spacial score (nSPS) is 11.7. The van der Waals surface area contributed by atoms with Crippen molar-refractivity contribution in [1.82, 2.24) is 0 Å². The number of hydrogen-bond acceptors (Lipinski definition) is 4. The van der Waals surface area contributed by atoms with Gasteiger partial charge in [0.15, 0.2) is 0 Å². The van der Waals surface area contributed by atoms with Gasteiger partial charge in [-0.25, -0.2) is 4.79 Å². The highest BCUT2D eigenvalue weighted by molar-refractivity contribution is 6.01. The lowest BCUT2D eigenvalue weighted by atomic mass is 9.85. The molecule has 1 aromatic carbocycles. The van der Waals surface area contributed by atoms with Crippen LogP contribution in [0.15, 0.2) is 29.8 Å². The van der Waals surface area contributed by atoms with Crippen LogP contribution in [0.25, 0.3) is 0 Å². The molecule has 0 aliphatic carbocycles. The second kappa shape index (κ2) is 9.08. The second-order valence-corrected chi connectivity index (χ2v) is 4.66. The topological polar surface area (TPSA) is 78.6 Å². The summed E-state index contributed by atoms with van der Waals surface area (Å²) in [5.74, 6) is 0.545. The first-order chi connectivity index (χ1) is 10.2. The van der Waals surface area contributed by atoms with Crippen LogP contribution in [0.3, 0.4) is 0 Å². The first-order valence-corrected chi connectivity index (χ1v) is 6.76. The van der Waals surface area contributed by atoms with Crippen LogP contribution < -0.4 is 5.73 Å². The number of carbonyl (C=O) groups excluding carboxylic acids is 2. The van der Waals surface area contributed by atoms with Gasteiger partial charge in [0, 0.05) is 26.7 Å². The molecule has 0 radical (unpaired) electrons. The van der Waals surface area contributed by atoms with Crippen molar-refractivity contribution >= 4 is 11.8 Å². The Balaban J connectivity index is 3.19. The number of hydrogen-bond donors (Lipinski definition) is 1. The highest BCUT2D eigenvalue weighted by Crippen LogP contribution is 2.29. The van der Waals surface area contributed by atoms with E-state index in [2.05, 4.69) is 0 Å². The molecule has 1 aromatic rings. The van der Waals surface area contributed by atoms with Crippen molar-refractivity contribution in [3.05, 3.63) is 41.0 Å². The molecule has 0 aromatic heterocycles. The van der Waals surface area contributed by atoms with Gasteiger partial charge in [0.2, 0.25) is 0 Å². The molecule has 0 aliphatic heterocycles. The second-order valence-electron chi connectivity index (χ2n) is 4.66. The maximum absolute atomic E-state index is 11.5. The molecule has 1 unspecified atom stereocenters. The van der Waals surface area contributed by atoms with Crippen LogP contribution in [-0.2, 0) is 25.5 Å². The quantitative estimate of drug-likeness (QED) is 0.548. The molecule has 114 valence electrons. The van der Waals surface area contributed by atoms with Crippen molar-refractivity contribution in [2.24, 2.45) is 5.73 Å². The molecule has 0 fully saturated rings. The van der Waals surface area contributed by atoms with Crippen molar-refractivity contribution in [3.63, 3.8) is 0 Å². The van der Waals surface area contributed by atoms with Gasteiger partial charge in [-0.05, 0) is 24.0 Å². The molecule has 0 aliphatic rings. The summed E-state index contributed by atoms with van der Waals surface area (Å²) in [5.41, 5.74) is 7.17. The van der Waals surface area contributed by atoms with Gasteiger partial charge >= 0.3 is 0 Å². The van der Waals surface area contributed by atoms with E-state index in [4.69, 9.17) is 15.2 Å². The molecule has 21 heavy (non-hydrogen) atoms. The number of benzene rings is 1. The first kappa shape index (κ1) is 17.1. The lowest BCUT2D eigenvalue weighted by Gasteiger charge is -2.19. The standard InChI is InChI=1S/C16H21NO4/c1-20-9-7-12-5-3-4-6-13(12)14(8-10-21-2)15(11-18)16(17)19/h3-6,14H,7-10H2,1-2H3,(H2,17,19). The van der Waals surface area contributed by atoms with Crippen LogP contribution in [0.4, 0.5) is 0 Å². The minimum Gasteiger partial charge on any atom is -0.385 e. The Morgan fingerprint density at radius 3 is 2.48 bits per heavy atom. The third-order valence-electron chi connectivity index (χ3n) is 3.34. The average molecular weight is 291 g/mol. The average Bonchev–Trinajstić information content (AvgIpc) is 2.49.